The van der Waals surface area contributed by atoms with Crippen LogP contribution in [0, 0.1) is 0 Å². The predicted octanol–water partition coefficient (Wildman–Crippen LogP) is 20.6. The molecule has 6 heteroatoms. The van der Waals surface area contributed by atoms with E-state index in [0.717, 1.165) is 38.5 Å². The van der Waals surface area contributed by atoms with Gasteiger partial charge in [0.1, 0.15) is 0 Å². The summed E-state index contributed by atoms with van der Waals surface area (Å²) < 4.78 is 5.47. The lowest BCUT2D eigenvalue weighted by molar-refractivity contribution is -0.143. The number of hydrogen-bond donors (Lipinski definition) is 3. The van der Waals surface area contributed by atoms with E-state index in [0.29, 0.717) is 19.4 Å². The molecule has 0 heterocycles. The second-order valence-electron chi connectivity index (χ2n) is 22.5. The minimum Gasteiger partial charge on any atom is -0.466 e. The van der Waals surface area contributed by atoms with Crippen LogP contribution >= 0.6 is 0 Å². The van der Waals surface area contributed by atoms with Gasteiger partial charge in [-0.25, -0.2) is 0 Å². The average molecular weight is 1010 g/mol. The molecule has 0 aliphatic rings. The molecule has 0 aliphatic carbocycles. The minimum absolute atomic E-state index is 0.0173. The summed E-state index contributed by atoms with van der Waals surface area (Å²) in [4.78, 5) is 24.5. The van der Waals surface area contributed by atoms with Crippen LogP contribution in [0.5, 0.6) is 0 Å². The number of hydrogen-bond acceptors (Lipinski definition) is 5. The zero-order valence-electron chi connectivity index (χ0n) is 48.7. The largest absolute Gasteiger partial charge is 0.466 e. The number of aliphatic hydroxyl groups is 2. The van der Waals surface area contributed by atoms with E-state index in [1.807, 2.05) is 6.08 Å². The van der Waals surface area contributed by atoms with Gasteiger partial charge < -0.3 is 20.3 Å². The van der Waals surface area contributed by atoms with Crippen molar-refractivity contribution in [1.29, 1.82) is 0 Å². The van der Waals surface area contributed by atoms with Crippen LogP contribution in [-0.4, -0.2) is 47.4 Å². The van der Waals surface area contributed by atoms with Crippen molar-refractivity contribution >= 4 is 11.9 Å². The first-order valence-electron chi connectivity index (χ1n) is 32.6. The molecule has 0 aromatic rings. The Bertz CT molecular complexity index is 1120. The number of carbonyl (C=O) groups is 2. The molecule has 3 N–H and O–H groups in total. The molecule has 6 nitrogen and oxygen atoms in total. The Hall–Kier alpha value is -1.66. The molecule has 0 radical (unpaired) electrons. The maximum atomic E-state index is 12.5. The van der Waals surface area contributed by atoms with Crippen LogP contribution in [-0.2, 0) is 14.3 Å². The van der Waals surface area contributed by atoms with Crippen molar-refractivity contribution in [2.24, 2.45) is 0 Å². The van der Waals surface area contributed by atoms with Crippen LogP contribution in [0.3, 0.4) is 0 Å². The van der Waals surface area contributed by atoms with Gasteiger partial charge in [0.05, 0.1) is 25.4 Å². The van der Waals surface area contributed by atoms with Crippen molar-refractivity contribution in [3.05, 3.63) is 24.3 Å². The molecule has 0 bridgehead atoms. The molecule has 0 saturated heterocycles. The second-order valence-corrected chi connectivity index (χ2v) is 22.5. The molecule has 0 aromatic heterocycles. The Balaban J connectivity index is 3.36. The number of unbranched alkanes of at least 4 members (excludes halogenated alkanes) is 48. The zero-order valence-corrected chi connectivity index (χ0v) is 48.7. The number of esters is 1. The van der Waals surface area contributed by atoms with Crippen molar-refractivity contribution < 1.29 is 24.5 Å². The highest BCUT2D eigenvalue weighted by atomic mass is 16.5. The molecular formula is C66H127NO5. The molecule has 2 atom stereocenters. The van der Waals surface area contributed by atoms with Gasteiger partial charge in [0.25, 0.3) is 0 Å². The van der Waals surface area contributed by atoms with Gasteiger partial charge in [-0.1, -0.05) is 314 Å². The van der Waals surface area contributed by atoms with Gasteiger partial charge in [-0.05, 0) is 57.8 Å². The number of aliphatic hydroxyl groups excluding tert-OH is 2. The summed E-state index contributed by atoms with van der Waals surface area (Å²) in [5.41, 5.74) is 0. The van der Waals surface area contributed by atoms with Crippen LogP contribution in [0.25, 0.3) is 0 Å². The monoisotopic (exact) mass is 1010 g/mol. The molecular weight excluding hydrogens is 887 g/mol. The van der Waals surface area contributed by atoms with E-state index in [1.165, 1.54) is 295 Å². The lowest BCUT2D eigenvalue weighted by Gasteiger charge is -2.20. The summed E-state index contributed by atoms with van der Waals surface area (Å²) in [6.45, 7) is 4.92. The number of amides is 1. The molecule has 0 aliphatic heterocycles. The zero-order chi connectivity index (χ0) is 52.2. The molecule has 2 unspecified atom stereocenters. The Labute approximate surface area is 450 Å². The van der Waals surface area contributed by atoms with Crippen LogP contribution in [0.15, 0.2) is 24.3 Å². The fraction of sp³-hybridized carbons (Fsp3) is 0.909. The number of ether oxygens (including phenoxy) is 1. The first-order chi connectivity index (χ1) is 35.5. The van der Waals surface area contributed by atoms with E-state index in [-0.39, 0.29) is 18.5 Å². The van der Waals surface area contributed by atoms with Gasteiger partial charge in [-0.3, -0.25) is 9.59 Å². The van der Waals surface area contributed by atoms with Gasteiger partial charge in [0, 0.05) is 12.8 Å². The van der Waals surface area contributed by atoms with Gasteiger partial charge in [-0.15, -0.1) is 0 Å². The highest BCUT2D eigenvalue weighted by molar-refractivity contribution is 5.76. The normalized spacial score (nSPS) is 12.7. The maximum absolute atomic E-state index is 12.5. The summed E-state index contributed by atoms with van der Waals surface area (Å²) in [6.07, 6.45) is 76.7. The molecule has 1 amide bonds. The number of carbonyl (C=O) groups excluding carboxylic acids is 2. The summed E-state index contributed by atoms with van der Waals surface area (Å²) in [7, 11) is 0. The fourth-order valence-corrected chi connectivity index (χ4v) is 10.2. The highest BCUT2D eigenvalue weighted by Gasteiger charge is 2.18. The molecule has 0 aromatic carbocycles. The van der Waals surface area contributed by atoms with E-state index in [2.05, 4.69) is 31.3 Å². The van der Waals surface area contributed by atoms with Crippen LogP contribution in [0.1, 0.15) is 361 Å². The summed E-state index contributed by atoms with van der Waals surface area (Å²) in [6, 6.07) is -0.625. The standard InChI is InChI=1S/C66H127NO5/c1-3-5-7-9-11-13-15-35-39-42-46-50-54-58-64(69)63(62-68)67-65(70)59-55-51-47-43-40-36-33-31-29-27-25-23-21-19-17-16-18-20-22-24-26-28-30-32-34-37-41-45-49-53-57-61-72-66(71)60-56-52-48-44-38-14-12-10-8-6-4-2/h18,20,54,58,63-64,68-69H,3-17,19,21-53,55-57,59-62H2,1-2H3,(H,67,70)/b20-18-,58-54+. The minimum atomic E-state index is -0.841. The maximum Gasteiger partial charge on any atom is 0.305 e. The van der Waals surface area contributed by atoms with Crippen molar-refractivity contribution in [1.82, 2.24) is 5.32 Å². The third-order valence-electron chi connectivity index (χ3n) is 15.2. The van der Waals surface area contributed by atoms with E-state index < -0.39 is 12.1 Å². The summed E-state index contributed by atoms with van der Waals surface area (Å²) in [5.74, 6) is -0.0474. The third-order valence-corrected chi connectivity index (χ3v) is 15.2. The van der Waals surface area contributed by atoms with Crippen LogP contribution in [0.4, 0.5) is 0 Å². The van der Waals surface area contributed by atoms with E-state index in [1.54, 1.807) is 6.08 Å². The first kappa shape index (κ1) is 70.3. The van der Waals surface area contributed by atoms with Gasteiger partial charge in [-0.2, -0.15) is 0 Å². The van der Waals surface area contributed by atoms with Crippen LogP contribution in [0.2, 0.25) is 0 Å². The number of rotatable bonds is 61. The topological polar surface area (TPSA) is 95.9 Å². The molecule has 0 rings (SSSR count). The third kappa shape index (κ3) is 57.6. The lowest BCUT2D eigenvalue weighted by atomic mass is 10.0. The summed E-state index contributed by atoms with van der Waals surface area (Å²) in [5, 5.41) is 23.1. The Kier molecular flexibility index (Phi) is 60.5. The Morgan fingerprint density at radius 3 is 0.986 bits per heavy atom. The SMILES string of the molecule is CCCCCCCCCCCCC/C=C/C(O)C(CO)NC(=O)CCCCCCCCCCCCCCCCC/C=C\CCCCCCCCCCCCCCOC(=O)CCCCCCCCCCCCC. The fourth-order valence-electron chi connectivity index (χ4n) is 10.2. The predicted molar refractivity (Wildman–Crippen MR) is 315 cm³/mol. The van der Waals surface area contributed by atoms with Crippen molar-refractivity contribution in [3.63, 3.8) is 0 Å². The molecule has 0 fully saturated rings. The van der Waals surface area contributed by atoms with E-state index in [9.17, 15) is 19.8 Å². The quantitative estimate of drug-likeness (QED) is 0.0320. The molecule has 426 valence electrons. The highest BCUT2D eigenvalue weighted by Crippen LogP contribution is 2.18. The molecule has 0 saturated carbocycles. The first-order valence-corrected chi connectivity index (χ1v) is 32.6. The Morgan fingerprint density at radius 1 is 0.375 bits per heavy atom. The number of nitrogens with one attached hydrogen (secondary N) is 1. The van der Waals surface area contributed by atoms with Gasteiger partial charge >= 0.3 is 5.97 Å². The van der Waals surface area contributed by atoms with E-state index in [4.69, 9.17) is 4.74 Å². The summed E-state index contributed by atoms with van der Waals surface area (Å²) >= 11 is 0. The van der Waals surface area contributed by atoms with Crippen molar-refractivity contribution in [3.8, 4) is 0 Å². The molecule has 0 spiro atoms. The van der Waals surface area contributed by atoms with E-state index >= 15 is 0 Å². The lowest BCUT2D eigenvalue weighted by Crippen LogP contribution is -2.45. The number of allylic oxidation sites excluding steroid dienone is 3. The Morgan fingerprint density at radius 2 is 0.653 bits per heavy atom. The smallest absolute Gasteiger partial charge is 0.305 e. The molecule has 72 heavy (non-hydrogen) atoms. The average Bonchev–Trinajstić information content (AvgIpc) is 3.38. The van der Waals surface area contributed by atoms with Gasteiger partial charge in [0.2, 0.25) is 5.91 Å². The second kappa shape index (κ2) is 61.9. The van der Waals surface area contributed by atoms with Gasteiger partial charge in [0.15, 0.2) is 0 Å². The van der Waals surface area contributed by atoms with Crippen molar-refractivity contribution in [2.45, 2.75) is 373 Å². The van der Waals surface area contributed by atoms with Crippen LogP contribution < -0.4 is 5.32 Å². The van der Waals surface area contributed by atoms with Crippen molar-refractivity contribution in [2.75, 3.05) is 13.2 Å².